The van der Waals surface area contributed by atoms with Crippen LogP contribution in [0, 0.1) is 18.3 Å². The number of hydrogen-bond donors (Lipinski definition) is 0. The zero-order chi connectivity index (χ0) is 15.6. The van der Waals surface area contributed by atoms with Crippen LogP contribution in [0.2, 0.25) is 0 Å². The van der Waals surface area contributed by atoms with Crippen molar-refractivity contribution in [1.29, 1.82) is 5.26 Å². The predicted octanol–water partition coefficient (Wildman–Crippen LogP) is 6.60. The van der Waals surface area contributed by atoms with Gasteiger partial charge in [-0.1, -0.05) is 12.1 Å². The molecule has 2 heterocycles. The first-order chi connectivity index (χ1) is 11.2. The van der Waals surface area contributed by atoms with E-state index in [0.717, 1.165) is 10.3 Å². The molecule has 3 aromatic carbocycles. The molecule has 0 saturated heterocycles. The Hall–Kier alpha value is -2.41. The topological polar surface area (TPSA) is 23.8 Å². The van der Waals surface area contributed by atoms with Crippen LogP contribution in [0.1, 0.15) is 9.75 Å². The second kappa shape index (κ2) is 4.55. The summed E-state index contributed by atoms with van der Waals surface area (Å²) in [5.41, 5.74) is 0. The number of benzene rings is 3. The molecule has 0 N–H and O–H groups in total. The molecule has 0 aliphatic heterocycles. The number of aryl methyl sites for hydroxylation is 1. The first-order valence-electron chi connectivity index (χ1n) is 7.41. The Morgan fingerprint density at radius 1 is 0.739 bits per heavy atom. The number of fused-ring (bicyclic) bond motifs is 5. The van der Waals surface area contributed by atoms with E-state index in [-0.39, 0.29) is 0 Å². The molecule has 0 bridgehead atoms. The van der Waals surface area contributed by atoms with Crippen molar-refractivity contribution >= 4 is 64.4 Å². The minimum absolute atomic E-state index is 0.774. The molecule has 0 unspecified atom stereocenters. The summed E-state index contributed by atoms with van der Waals surface area (Å²) in [5, 5.41) is 16.7. The van der Waals surface area contributed by atoms with E-state index in [4.69, 9.17) is 5.26 Å². The fourth-order valence-corrected chi connectivity index (χ4v) is 5.14. The quantitative estimate of drug-likeness (QED) is 0.293. The Kier molecular flexibility index (Phi) is 2.58. The molecule has 0 aliphatic rings. The molecule has 0 spiro atoms. The minimum Gasteiger partial charge on any atom is -0.192 e. The van der Waals surface area contributed by atoms with E-state index in [9.17, 15) is 0 Å². The average Bonchev–Trinajstić information content (AvgIpc) is 3.11. The number of nitriles is 1. The molecule has 0 amide bonds. The van der Waals surface area contributed by atoms with Crippen LogP contribution in [-0.2, 0) is 0 Å². The normalized spacial score (nSPS) is 11.7. The van der Waals surface area contributed by atoms with E-state index >= 15 is 0 Å². The van der Waals surface area contributed by atoms with Crippen LogP contribution < -0.4 is 0 Å². The number of rotatable bonds is 0. The van der Waals surface area contributed by atoms with Crippen molar-refractivity contribution in [2.45, 2.75) is 6.92 Å². The molecule has 0 fully saturated rings. The van der Waals surface area contributed by atoms with Gasteiger partial charge in [0.05, 0.1) is 0 Å². The summed E-state index contributed by atoms with van der Waals surface area (Å²) in [6, 6.07) is 19.9. The van der Waals surface area contributed by atoms with E-state index in [0.29, 0.717) is 0 Å². The number of thiophene rings is 2. The maximum absolute atomic E-state index is 9.13. The Labute approximate surface area is 141 Å². The fraction of sp³-hybridized carbons (Fsp3) is 0.0500. The van der Waals surface area contributed by atoms with Gasteiger partial charge in [0.1, 0.15) is 10.9 Å². The third-order valence-electron chi connectivity index (χ3n) is 4.34. The minimum atomic E-state index is 0.774. The van der Waals surface area contributed by atoms with E-state index < -0.39 is 0 Å². The Morgan fingerprint density at radius 3 is 2.00 bits per heavy atom. The molecule has 23 heavy (non-hydrogen) atoms. The molecule has 108 valence electrons. The van der Waals surface area contributed by atoms with Crippen molar-refractivity contribution in [2.75, 3.05) is 0 Å². The maximum Gasteiger partial charge on any atom is 0.110 e. The van der Waals surface area contributed by atoms with Crippen LogP contribution in [0.5, 0.6) is 0 Å². The van der Waals surface area contributed by atoms with Crippen molar-refractivity contribution in [1.82, 2.24) is 0 Å². The highest BCUT2D eigenvalue weighted by Gasteiger charge is 2.08. The van der Waals surface area contributed by atoms with Gasteiger partial charge < -0.3 is 0 Å². The van der Waals surface area contributed by atoms with Gasteiger partial charge in [-0.3, -0.25) is 0 Å². The lowest BCUT2D eigenvalue weighted by molar-refractivity contribution is 1.52. The predicted molar refractivity (Wildman–Crippen MR) is 102 cm³/mol. The average molecular weight is 329 g/mol. The Bertz CT molecular complexity index is 1280. The molecule has 0 radical (unpaired) electrons. The molecule has 5 aromatic rings. The summed E-state index contributed by atoms with van der Waals surface area (Å²) in [6.45, 7) is 2.16. The third-order valence-corrected chi connectivity index (χ3v) is 6.36. The molecule has 3 heteroatoms. The van der Waals surface area contributed by atoms with Crippen molar-refractivity contribution in [2.24, 2.45) is 0 Å². The fourth-order valence-electron chi connectivity index (χ4n) is 3.32. The highest BCUT2D eigenvalue weighted by atomic mass is 32.1. The van der Waals surface area contributed by atoms with Gasteiger partial charge in [-0.05, 0) is 75.6 Å². The summed E-state index contributed by atoms with van der Waals surface area (Å²) in [5.74, 6) is 0. The van der Waals surface area contributed by atoms with E-state index in [1.807, 2.05) is 17.4 Å². The highest BCUT2D eigenvalue weighted by molar-refractivity contribution is 7.19. The summed E-state index contributed by atoms with van der Waals surface area (Å²) in [6.07, 6.45) is 0. The maximum atomic E-state index is 9.13. The zero-order valence-electron chi connectivity index (χ0n) is 12.4. The SMILES string of the molecule is Cc1cc2cc3ccc4cc5cc(C#N)sc5cc4c3cc2s1. The molecular weight excluding hydrogens is 318 g/mol. The highest BCUT2D eigenvalue weighted by Crippen LogP contribution is 2.36. The van der Waals surface area contributed by atoms with Crippen LogP contribution >= 0.6 is 22.7 Å². The van der Waals surface area contributed by atoms with Crippen LogP contribution in [0.4, 0.5) is 0 Å². The van der Waals surface area contributed by atoms with Crippen molar-refractivity contribution in [3.8, 4) is 6.07 Å². The third kappa shape index (κ3) is 1.89. The summed E-state index contributed by atoms with van der Waals surface area (Å²) in [7, 11) is 0. The summed E-state index contributed by atoms with van der Waals surface area (Å²) < 4.78 is 2.52. The number of nitrogens with zero attached hydrogens (tertiary/aromatic N) is 1. The molecule has 0 atom stereocenters. The van der Waals surface area contributed by atoms with Gasteiger partial charge in [0, 0.05) is 14.3 Å². The van der Waals surface area contributed by atoms with E-state index in [2.05, 4.69) is 55.5 Å². The van der Waals surface area contributed by atoms with Gasteiger partial charge in [-0.15, -0.1) is 22.7 Å². The van der Waals surface area contributed by atoms with Crippen LogP contribution in [0.25, 0.3) is 41.7 Å². The van der Waals surface area contributed by atoms with Gasteiger partial charge in [-0.25, -0.2) is 0 Å². The standard InChI is InChI=1S/C20H11NS2/c1-11-4-14-5-12-2-3-13-6-15-7-16(10-21)23-20(15)9-18(13)17(12)8-19(14)22-11/h2-9H,1H3. The van der Waals surface area contributed by atoms with Crippen LogP contribution in [0.15, 0.2) is 48.5 Å². The molecular formula is C20H11NS2. The number of hydrogen-bond acceptors (Lipinski definition) is 3. The van der Waals surface area contributed by atoms with Crippen LogP contribution in [0.3, 0.4) is 0 Å². The molecule has 2 aromatic heterocycles. The Morgan fingerprint density at radius 2 is 1.35 bits per heavy atom. The largest absolute Gasteiger partial charge is 0.192 e. The summed E-state index contributed by atoms with van der Waals surface area (Å²) >= 11 is 3.42. The van der Waals surface area contributed by atoms with Gasteiger partial charge in [0.15, 0.2) is 0 Å². The monoisotopic (exact) mass is 329 g/mol. The first kappa shape index (κ1) is 13.1. The lowest BCUT2D eigenvalue weighted by Crippen LogP contribution is -1.78. The lowest BCUT2D eigenvalue weighted by atomic mass is 10.00. The second-order valence-electron chi connectivity index (χ2n) is 5.87. The molecule has 5 rings (SSSR count). The van der Waals surface area contributed by atoms with Crippen molar-refractivity contribution < 1.29 is 0 Å². The van der Waals surface area contributed by atoms with E-state index in [1.54, 1.807) is 11.3 Å². The summed E-state index contributed by atoms with van der Waals surface area (Å²) in [4.78, 5) is 2.12. The molecule has 0 aliphatic carbocycles. The lowest BCUT2D eigenvalue weighted by Gasteiger charge is -2.05. The first-order valence-corrected chi connectivity index (χ1v) is 9.05. The molecule has 0 saturated carbocycles. The Balaban J connectivity index is 1.96. The molecule has 1 nitrogen and oxygen atoms in total. The van der Waals surface area contributed by atoms with Gasteiger partial charge in [-0.2, -0.15) is 5.26 Å². The second-order valence-corrected chi connectivity index (χ2v) is 8.24. The van der Waals surface area contributed by atoms with Crippen molar-refractivity contribution in [3.63, 3.8) is 0 Å². The van der Waals surface area contributed by atoms with Crippen molar-refractivity contribution in [3.05, 3.63) is 58.3 Å². The van der Waals surface area contributed by atoms with Gasteiger partial charge in [0.2, 0.25) is 0 Å². The van der Waals surface area contributed by atoms with E-state index in [1.165, 1.54) is 41.2 Å². The smallest absolute Gasteiger partial charge is 0.110 e. The van der Waals surface area contributed by atoms with Crippen LogP contribution in [-0.4, -0.2) is 0 Å². The zero-order valence-corrected chi connectivity index (χ0v) is 14.0. The van der Waals surface area contributed by atoms with Gasteiger partial charge in [0.25, 0.3) is 0 Å². The van der Waals surface area contributed by atoms with Gasteiger partial charge >= 0.3 is 0 Å².